The molecule has 0 fully saturated rings. The highest BCUT2D eigenvalue weighted by molar-refractivity contribution is 6.01. The monoisotopic (exact) mass is 323 g/mol. The van der Waals surface area contributed by atoms with Crippen molar-refractivity contribution in [3.63, 3.8) is 0 Å². The van der Waals surface area contributed by atoms with Crippen molar-refractivity contribution < 1.29 is 9.53 Å². The van der Waals surface area contributed by atoms with E-state index in [0.717, 1.165) is 27.9 Å². The van der Waals surface area contributed by atoms with Crippen molar-refractivity contribution in [2.75, 3.05) is 7.11 Å². The number of methoxy groups -OCH3 is 1. The Morgan fingerprint density at radius 2 is 2.08 bits per heavy atom. The Morgan fingerprint density at radius 1 is 1.29 bits per heavy atom. The summed E-state index contributed by atoms with van der Waals surface area (Å²) in [5.74, 6) is 0.576. The van der Waals surface area contributed by atoms with Gasteiger partial charge in [0.2, 0.25) is 0 Å². The zero-order valence-electron chi connectivity index (χ0n) is 14.1. The van der Waals surface area contributed by atoms with Crippen LogP contribution < -0.4 is 10.5 Å². The molecule has 0 aliphatic heterocycles. The third kappa shape index (κ3) is 2.73. The molecule has 0 radical (unpaired) electrons. The van der Waals surface area contributed by atoms with Gasteiger partial charge in [0.05, 0.1) is 24.9 Å². The predicted molar refractivity (Wildman–Crippen MR) is 94.4 cm³/mol. The van der Waals surface area contributed by atoms with Crippen LogP contribution in [0.4, 0.5) is 0 Å². The van der Waals surface area contributed by atoms with Gasteiger partial charge in [-0.1, -0.05) is 26.0 Å². The Labute approximate surface area is 141 Å². The number of benzene rings is 1. The summed E-state index contributed by atoms with van der Waals surface area (Å²) in [6.45, 7) is 4.74. The van der Waals surface area contributed by atoms with Crippen molar-refractivity contribution in [3.8, 4) is 5.75 Å². The van der Waals surface area contributed by atoms with E-state index in [0.29, 0.717) is 18.2 Å². The average Bonchev–Trinajstić information content (AvgIpc) is 2.94. The topological polar surface area (TPSA) is 70.1 Å². The molecule has 3 rings (SSSR count). The van der Waals surface area contributed by atoms with Crippen LogP contribution >= 0.6 is 0 Å². The van der Waals surface area contributed by atoms with E-state index in [-0.39, 0.29) is 0 Å². The zero-order chi connectivity index (χ0) is 17.3. The molecule has 0 unspecified atom stereocenters. The molecule has 0 bridgehead atoms. The average molecular weight is 323 g/mol. The fourth-order valence-corrected chi connectivity index (χ4v) is 3.05. The van der Waals surface area contributed by atoms with Crippen LogP contribution in [-0.4, -0.2) is 22.6 Å². The highest BCUT2D eigenvalue weighted by Crippen LogP contribution is 2.35. The van der Waals surface area contributed by atoms with Crippen molar-refractivity contribution in [2.45, 2.75) is 26.3 Å². The van der Waals surface area contributed by atoms with Gasteiger partial charge in [0, 0.05) is 11.6 Å². The number of rotatable bonds is 5. The Kier molecular flexibility index (Phi) is 4.25. The minimum absolute atomic E-state index is 0.302. The number of carbonyl (C=O) groups is 1. The number of carbonyl (C=O) groups excluding carboxylic acids is 1. The van der Waals surface area contributed by atoms with E-state index in [9.17, 15) is 4.79 Å². The Bertz CT molecular complexity index is 883. The van der Waals surface area contributed by atoms with Crippen molar-refractivity contribution in [1.82, 2.24) is 9.55 Å². The minimum Gasteiger partial charge on any atom is -0.496 e. The smallest absolute Gasteiger partial charge is 0.265 e. The predicted octanol–water partition coefficient (Wildman–Crippen LogP) is 3.32. The molecule has 24 heavy (non-hydrogen) atoms. The van der Waals surface area contributed by atoms with Crippen molar-refractivity contribution in [2.24, 2.45) is 5.73 Å². The van der Waals surface area contributed by atoms with Gasteiger partial charge in [0.15, 0.2) is 0 Å². The number of nitrogens with zero attached hydrogens (tertiary/aromatic N) is 2. The van der Waals surface area contributed by atoms with Crippen molar-refractivity contribution in [3.05, 3.63) is 59.5 Å². The van der Waals surface area contributed by atoms with E-state index in [2.05, 4.69) is 18.8 Å². The van der Waals surface area contributed by atoms with E-state index >= 15 is 0 Å². The SMILES string of the molecule is COc1ccc(C(C)C)c2c1cc(C(N)=O)n2Cc1ccccn1. The summed E-state index contributed by atoms with van der Waals surface area (Å²) in [5, 5.41) is 0.897. The maximum absolute atomic E-state index is 12.0. The number of hydrogen-bond acceptors (Lipinski definition) is 3. The maximum atomic E-state index is 12.0. The fraction of sp³-hybridized carbons (Fsp3) is 0.263. The normalized spacial score (nSPS) is 11.2. The Hall–Kier alpha value is -2.82. The number of hydrogen-bond donors (Lipinski definition) is 1. The molecule has 124 valence electrons. The Balaban J connectivity index is 2.31. The van der Waals surface area contributed by atoms with Gasteiger partial charge in [-0.2, -0.15) is 0 Å². The van der Waals surface area contributed by atoms with Gasteiger partial charge in [-0.15, -0.1) is 0 Å². The molecule has 1 aromatic carbocycles. The molecule has 0 saturated heterocycles. The first-order chi connectivity index (χ1) is 11.5. The molecule has 3 aromatic rings. The molecular weight excluding hydrogens is 302 g/mol. The molecule has 2 heterocycles. The van der Waals surface area contributed by atoms with Gasteiger partial charge in [0.1, 0.15) is 11.4 Å². The summed E-state index contributed by atoms with van der Waals surface area (Å²) in [7, 11) is 1.63. The van der Waals surface area contributed by atoms with E-state index in [1.54, 1.807) is 13.3 Å². The van der Waals surface area contributed by atoms with E-state index in [4.69, 9.17) is 10.5 Å². The van der Waals surface area contributed by atoms with Crippen LogP contribution in [0.5, 0.6) is 5.75 Å². The number of primary amides is 1. The number of aromatic nitrogens is 2. The molecule has 5 heteroatoms. The summed E-state index contributed by atoms with van der Waals surface area (Å²) in [4.78, 5) is 16.4. The van der Waals surface area contributed by atoms with Gasteiger partial charge >= 0.3 is 0 Å². The molecule has 0 aliphatic carbocycles. The first-order valence-electron chi connectivity index (χ1n) is 7.92. The highest BCUT2D eigenvalue weighted by atomic mass is 16.5. The third-order valence-electron chi connectivity index (χ3n) is 4.19. The molecule has 1 amide bonds. The molecule has 0 aliphatic rings. The standard InChI is InChI=1S/C19H21N3O2/c1-12(2)14-7-8-17(24-3)15-10-16(19(20)23)22(18(14)15)11-13-6-4-5-9-21-13/h4-10,12H,11H2,1-3H3,(H2,20,23). The van der Waals surface area contributed by atoms with Gasteiger partial charge in [0.25, 0.3) is 5.91 Å². The van der Waals surface area contributed by atoms with Crippen molar-refractivity contribution >= 4 is 16.8 Å². The summed E-state index contributed by atoms with van der Waals surface area (Å²) in [6.07, 6.45) is 1.74. The van der Waals surface area contributed by atoms with Gasteiger partial charge in [-0.25, -0.2) is 0 Å². The second-order valence-electron chi connectivity index (χ2n) is 6.08. The summed E-state index contributed by atoms with van der Waals surface area (Å²) < 4.78 is 7.42. The number of pyridine rings is 1. The first-order valence-corrected chi connectivity index (χ1v) is 7.92. The summed E-state index contributed by atoms with van der Waals surface area (Å²) in [5.41, 5.74) is 9.08. The van der Waals surface area contributed by atoms with Crippen LogP contribution in [0.25, 0.3) is 10.9 Å². The van der Waals surface area contributed by atoms with Crippen LogP contribution in [0, 0.1) is 0 Å². The van der Waals surface area contributed by atoms with Crippen molar-refractivity contribution in [1.29, 1.82) is 0 Å². The highest BCUT2D eigenvalue weighted by Gasteiger charge is 2.20. The molecule has 0 saturated carbocycles. The lowest BCUT2D eigenvalue weighted by Crippen LogP contribution is -2.18. The van der Waals surface area contributed by atoms with Crippen LogP contribution in [0.1, 0.15) is 41.5 Å². The van der Waals surface area contributed by atoms with E-state index in [1.807, 2.05) is 41.0 Å². The molecule has 0 spiro atoms. The largest absolute Gasteiger partial charge is 0.496 e. The zero-order valence-corrected chi connectivity index (χ0v) is 14.1. The Morgan fingerprint density at radius 3 is 2.67 bits per heavy atom. The van der Waals surface area contributed by atoms with Gasteiger partial charge in [-0.05, 0) is 35.7 Å². The third-order valence-corrected chi connectivity index (χ3v) is 4.19. The number of fused-ring (bicyclic) bond motifs is 1. The first kappa shape index (κ1) is 16.1. The lowest BCUT2D eigenvalue weighted by atomic mass is 10.00. The molecule has 0 atom stereocenters. The minimum atomic E-state index is -0.459. The van der Waals surface area contributed by atoms with E-state index in [1.165, 1.54) is 0 Å². The van der Waals surface area contributed by atoms with Gasteiger partial charge < -0.3 is 15.0 Å². The number of nitrogens with two attached hydrogens (primary N) is 1. The quantitative estimate of drug-likeness (QED) is 0.783. The van der Waals surface area contributed by atoms with Crippen LogP contribution in [-0.2, 0) is 6.54 Å². The van der Waals surface area contributed by atoms with E-state index < -0.39 is 5.91 Å². The lowest BCUT2D eigenvalue weighted by molar-refractivity contribution is 0.0992. The molecule has 2 N–H and O–H groups in total. The fourth-order valence-electron chi connectivity index (χ4n) is 3.05. The van der Waals surface area contributed by atoms with Crippen LogP contribution in [0.15, 0.2) is 42.6 Å². The van der Waals surface area contributed by atoms with Crippen LogP contribution in [0.3, 0.4) is 0 Å². The molecular formula is C19H21N3O2. The summed E-state index contributed by atoms with van der Waals surface area (Å²) >= 11 is 0. The lowest BCUT2D eigenvalue weighted by Gasteiger charge is -2.15. The second-order valence-corrected chi connectivity index (χ2v) is 6.08. The number of ether oxygens (including phenoxy) is 1. The maximum Gasteiger partial charge on any atom is 0.265 e. The second kappa shape index (κ2) is 6.35. The summed E-state index contributed by atoms with van der Waals surface area (Å²) in [6, 6.07) is 11.5. The van der Waals surface area contributed by atoms with Crippen LogP contribution in [0.2, 0.25) is 0 Å². The molecule has 2 aromatic heterocycles. The molecule has 5 nitrogen and oxygen atoms in total. The van der Waals surface area contributed by atoms with Gasteiger partial charge in [-0.3, -0.25) is 9.78 Å². The number of amides is 1.